The molecule has 2 aromatic rings. The summed E-state index contributed by atoms with van der Waals surface area (Å²) in [6.45, 7) is 7.64. The third-order valence-electron chi connectivity index (χ3n) is 7.52. The van der Waals surface area contributed by atoms with Crippen LogP contribution in [-0.4, -0.2) is 41.2 Å². The number of hydrogen-bond donors (Lipinski definition) is 1. The van der Waals surface area contributed by atoms with Crippen LogP contribution in [0, 0.1) is 19.8 Å². The molecule has 1 saturated heterocycles. The van der Waals surface area contributed by atoms with Gasteiger partial charge in [-0.3, -0.25) is 4.79 Å². The van der Waals surface area contributed by atoms with E-state index in [2.05, 4.69) is 6.92 Å². The number of hydrogen-bond acceptors (Lipinski definition) is 5. The monoisotopic (exact) mass is 441 g/mol. The molecule has 1 aliphatic carbocycles. The summed E-state index contributed by atoms with van der Waals surface area (Å²) in [5.74, 6) is 0.797. The normalized spacial score (nSPS) is 23.2. The molecule has 1 aromatic carbocycles. The summed E-state index contributed by atoms with van der Waals surface area (Å²) in [5.41, 5.74) is 1.47. The van der Waals surface area contributed by atoms with Crippen LogP contribution in [0.15, 0.2) is 21.3 Å². The van der Waals surface area contributed by atoms with Gasteiger partial charge >= 0.3 is 5.63 Å². The third-order valence-corrected chi connectivity index (χ3v) is 7.52. The molecule has 4 rings (SSSR count). The minimum atomic E-state index is -0.624. The maximum atomic E-state index is 13.1. The number of carbonyl (C=O) groups excluding carboxylic acids is 1. The van der Waals surface area contributed by atoms with Crippen LogP contribution in [0.1, 0.15) is 68.6 Å². The average molecular weight is 442 g/mol. The molecule has 1 N–H and O–H groups in total. The number of likely N-dealkylation sites (tertiary alicyclic amines) is 1. The molecular weight excluding hydrogens is 406 g/mol. The first-order chi connectivity index (χ1) is 15.3. The predicted octanol–water partition coefficient (Wildman–Crippen LogP) is 4.28. The summed E-state index contributed by atoms with van der Waals surface area (Å²) in [6.07, 6.45) is 6.62. The number of aliphatic hydroxyl groups is 1. The van der Waals surface area contributed by atoms with Crippen LogP contribution in [-0.2, 0) is 11.2 Å². The Bertz CT molecular complexity index is 1060. The minimum absolute atomic E-state index is 0.0308. The van der Waals surface area contributed by atoms with Crippen molar-refractivity contribution in [2.45, 2.75) is 77.7 Å². The zero-order valence-electron chi connectivity index (χ0n) is 19.5. The maximum absolute atomic E-state index is 13.1. The van der Waals surface area contributed by atoms with E-state index in [-0.39, 0.29) is 18.2 Å². The summed E-state index contributed by atoms with van der Waals surface area (Å²) in [7, 11) is 0. The number of piperidine rings is 1. The van der Waals surface area contributed by atoms with Crippen LogP contribution in [0.3, 0.4) is 0 Å². The molecule has 1 saturated carbocycles. The molecule has 0 spiro atoms. The van der Waals surface area contributed by atoms with Gasteiger partial charge in [-0.1, -0.05) is 26.2 Å². The van der Waals surface area contributed by atoms with Crippen molar-refractivity contribution in [2.75, 3.05) is 19.7 Å². The smallest absolute Gasteiger partial charge is 0.340 e. The summed E-state index contributed by atoms with van der Waals surface area (Å²) >= 11 is 0. The number of rotatable bonds is 6. The van der Waals surface area contributed by atoms with E-state index in [0.29, 0.717) is 37.3 Å². The van der Waals surface area contributed by atoms with Crippen LogP contribution in [0.5, 0.6) is 5.75 Å². The van der Waals surface area contributed by atoms with Crippen molar-refractivity contribution in [1.29, 1.82) is 0 Å². The second-order valence-electron chi connectivity index (χ2n) is 9.57. The van der Waals surface area contributed by atoms with Crippen molar-refractivity contribution in [3.8, 4) is 5.75 Å². The van der Waals surface area contributed by atoms with Crippen molar-refractivity contribution >= 4 is 16.9 Å². The fourth-order valence-corrected chi connectivity index (χ4v) is 5.32. The van der Waals surface area contributed by atoms with Crippen LogP contribution in [0.25, 0.3) is 11.0 Å². The quantitative estimate of drug-likeness (QED) is 0.534. The molecule has 2 heterocycles. The highest BCUT2D eigenvalue weighted by atomic mass is 16.5. The van der Waals surface area contributed by atoms with Crippen molar-refractivity contribution < 1.29 is 19.1 Å². The van der Waals surface area contributed by atoms with Crippen molar-refractivity contribution in [2.24, 2.45) is 5.92 Å². The van der Waals surface area contributed by atoms with Gasteiger partial charge in [0, 0.05) is 30.0 Å². The molecule has 0 radical (unpaired) electrons. The van der Waals surface area contributed by atoms with Crippen molar-refractivity contribution in [1.82, 2.24) is 4.90 Å². The standard InChI is InChI=1S/C26H35NO5/c1-4-5-14-31-22-10-9-20-17(2)21(25(29)32-24(20)18(22)3)15-23(28)27-13-12-26(30)11-7-6-8-19(26)16-27/h9-10,19,30H,4-8,11-16H2,1-3H3/t19-,26-/m1/s1. The lowest BCUT2D eigenvalue weighted by Gasteiger charge is -2.47. The van der Waals surface area contributed by atoms with Gasteiger partial charge in [0.25, 0.3) is 0 Å². The molecule has 174 valence electrons. The highest BCUT2D eigenvalue weighted by Gasteiger charge is 2.43. The average Bonchev–Trinajstić information content (AvgIpc) is 2.78. The molecule has 6 heteroatoms. The van der Waals surface area contributed by atoms with Gasteiger partial charge in [0.15, 0.2) is 0 Å². The Morgan fingerprint density at radius 3 is 2.84 bits per heavy atom. The predicted molar refractivity (Wildman–Crippen MR) is 124 cm³/mol. The zero-order valence-corrected chi connectivity index (χ0v) is 19.5. The number of amides is 1. The fraction of sp³-hybridized carbons (Fsp3) is 0.615. The molecular formula is C26H35NO5. The lowest BCUT2D eigenvalue weighted by Crippen LogP contribution is -2.55. The van der Waals surface area contributed by atoms with Gasteiger partial charge in [0.1, 0.15) is 11.3 Å². The number of fused-ring (bicyclic) bond motifs is 2. The largest absolute Gasteiger partial charge is 0.493 e. The van der Waals surface area contributed by atoms with E-state index < -0.39 is 11.2 Å². The van der Waals surface area contributed by atoms with Crippen molar-refractivity contribution in [3.05, 3.63) is 39.2 Å². The fourth-order valence-electron chi connectivity index (χ4n) is 5.32. The Morgan fingerprint density at radius 2 is 2.06 bits per heavy atom. The van der Waals surface area contributed by atoms with Gasteiger partial charge < -0.3 is 19.2 Å². The van der Waals surface area contributed by atoms with E-state index in [1.165, 1.54) is 0 Å². The van der Waals surface area contributed by atoms with E-state index in [1.54, 1.807) is 0 Å². The second-order valence-corrected chi connectivity index (χ2v) is 9.57. The van der Waals surface area contributed by atoms with Gasteiger partial charge in [-0.15, -0.1) is 0 Å². The molecule has 1 amide bonds. The Hall–Kier alpha value is -2.34. The minimum Gasteiger partial charge on any atom is -0.493 e. The Morgan fingerprint density at radius 1 is 1.25 bits per heavy atom. The van der Waals surface area contributed by atoms with E-state index in [4.69, 9.17) is 9.15 Å². The number of carbonyl (C=O) groups is 1. The highest BCUT2D eigenvalue weighted by Crippen LogP contribution is 2.40. The summed E-state index contributed by atoms with van der Waals surface area (Å²) in [6, 6.07) is 3.83. The Kier molecular flexibility index (Phi) is 6.61. The third kappa shape index (κ3) is 4.29. The Balaban J connectivity index is 1.55. The van der Waals surface area contributed by atoms with Gasteiger partial charge in [-0.05, 0) is 57.2 Å². The number of benzene rings is 1. The molecule has 2 atom stereocenters. The molecule has 0 bridgehead atoms. The van der Waals surface area contributed by atoms with Gasteiger partial charge in [0.2, 0.25) is 5.91 Å². The lowest BCUT2D eigenvalue weighted by molar-refractivity contribution is -0.142. The zero-order chi connectivity index (χ0) is 22.9. The first-order valence-corrected chi connectivity index (χ1v) is 12.0. The van der Waals surface area contributed by atoms with Gasteiger partial charge in [-0.25, -0.2) is 4.79 Å². The molecule has 1 aliphatic heterocycles. The van der Waals surface area contributed by atoms with Crippen molar-refractivity contribution in [3.63, 3.8) is 0 Å². The first-order valence-electron chi connectivity index (χ1n) is 12.0. The lowest BCUT2D eigenvalue weighted by atomic mass is 9.71. The molecule has 32 heavy (non-hydrogen) atoms. The SMILES string of the molecule is CCCCOc1ccc2c(C)c(CC(=O)N3CC[C@]4(O)CCCC[C@@H]4C3)c(=O)oc2c1C. The summed E-state index contributed by atoms with van der Waals surface area (Å²) in [4.78, 5) is 27.8. The highest BCUT2D eigenvalue weighted by molar-refractivity contribution is 5.87. The molecule has 1 aromatic heterocycles. The molecule has 2 aliphatic rings. The summed E-state index contributed by atoms with van der Waals surface area (Å²) in [5, 5.41) is 11.7. The van der Waals surface area contributed by atoms with Crippen LogP contribution in [0.4, 0.5) is 0 Å². The van der Waals surface area contributed by atoms with Crippen LogP contribution >= 0.6 is 0 Å². The van der Waals surface area contributed by atoms with Gasteiger partial charge in [-0.2, -0.15) is 0 Å². The number of aryl methyl sites for hydroxylation is 2. The number of ether oxygens (including phenoxy) is 1. The van der Waals surface area contributed by atoms with E-state index in [1.807, 2.05) is 30.9 Å². The van der Waals surface area contributed by atoms with E-state index in [9.17, 15) is 14.7 Å². The Labute approximate surface area is 189 Å². The summed E-state index contributed by atoms with van der Waals surface area (Å²) < 4.78 is 11.5. The number of unbranched alkanes of at least 4 members (excludes halogenated alkanes) is 1. The van der Waals surface area contributed by atoms with Crippen LogP contribution in [0.2, 0.25) is 0 Å². The molecule has 0 unspecified atom stereocenters. The van der Waals surface area contributed by atoms with Gasteiger partial charge in [0.05, 0.1) is 24.2 Å². The second kappa shape index (κ2) is 9.26. The topological polar surface area (TPSA) is 80.0 Å². The van der Waals surface area contributed by atoms with E-state index >= 15 is 0 Å². The molecule has 6 nitrogen and oxygen atoms in total. The van der Waals surface area contributed by atoms with E-state index in [0.717, 1.165) is 60.8 Å². The van der Waals surface area contributed by atoms with Crippen LogP contribution < -0.4 is 10.4 Å². The first kappa shape index (κ1) is 22.8. The maximum Gasteiger partial charge on any atom is 0.340 e. The molecule has 2 fully saturated rings. The number of nitrogens with zero attached hydrogens (tertiary/aromatic N) is 1.